The van der Waals surface area contributed by atoms with Crippen molar-refractivity contribution in [2.75, 3.05) is 42.6 Å². The number of nitrogens with zero attached hydrogens (tertiary/aromatic N) is 3. The standard InChI is InChI=1S/C21H27N3O3/c1-16-4-2-6-20(25)24(16)18-9-7-17(8-10-18)23-11-3-5-19(21(23)26)22-12-14-27-15-13-22/h5,7-10,16H,2-4,6,11-15H2,1H3. The number of ether oxygens (including phenoxy) is 1. The summed E-state index contributed by atoms with van der Waals surface area (Å²) < 4.78 is 5.40. The predicted molar refractivity (Wildman–Crippen MR) is 105 cm³/mol. The molecule has 0 aromatic heterocycles. The maximum absolute atomic E-state index is 13.0. The van der Waals surface area contributed by atoms with Crippen LogP contribution in [0.25, 0.3) is 0 Å². The first-order chi connectivity index (χ1) is 13.1. The Balaban J connectivity index is 1.51. The zero-order valence-electron chi connectivity index (χ0n) is 15.9. The molecule has 0 spiro atoms. The van der Waals surface area contributed by atoms with E-state index in [1.165, 1.54) is 0 Å². The Bertz CT molecular complexity index is 738. The molecule has 0 saturated carbocycles. The van der Waals surface area contributed by atoms with Gasteiger partial charge in [0.1, 0.15) is 0 Å². The topological polar surface area (TPSA) is 53.1 Å². The molecule has 1 aromatic rings. The summed E-state index contributed by atoms with van der Waals surface area (Å²) >= 11 is 0. The molecule has 2 saturated heterocycles. The quantitative estimate of drug-likeness (QED) is 0.822. The van der Waals surface area contributed by atoms with Crippen molar-refractivity contribution in [2.24, 2.45) is 0 Å². The van der Waals surface area contributed by atoms with Gasteiger partial charge in [0.05, 0.1) is 18.9 Å². The van der Waals surface area contributed by atoms with Crippen molar-refractivity contribution in [3.8, 4) is 0 Å². The lowest BCUT2D eigenvalue weighted by molar-refractivity contribution is -0.120. The third-order valence-electron chi connectivity index (χ3n) is 5.67. The van der Waals surface area contributed by atoms with E-state index in [0.717, 1.165) is 49.4 Å². The second-order valence-electron chi connectivity index (χ2n) is 7.46. The average Bonchev–Trinajstić information content (AvgIpc) is 2.69. The van der Waals surface area contributed by atoms with Gasteiger partial charge in [0.2, 0.25) is 5.91 Å². The van der Waals surface area contributed by atoms with E-state index in [0.29, 0.717) is 26.2 Å². The molecule has 1 atom stereocenters. The van der Waals surface area contributed by atoms with Gasteiger partial charge in [0.25, 0.3) is 5.91 Å². The number of benzene rings is 1. The molecule has 144 valence electrons. The lowest BCUT2D eigenvalue weighted by atomic mass is 10.0. The zero-order chi connectivity index (χ0) is 18.8. The Labute approximate surface area is 160 Å². The van der Waals surface area contributed by atoms with Crippen LogP contribution in [-0.2, 0) is 14.3 Å². The van der Waals surface area contributed by atoms with Crippen LogP contribution >= 0.6 is 0 Å². The van der Waals surface area contributed by atoms with Crippen molar-refractivity contribution in [1.82, 2.24) is 4.90 Å². The first-order valence-electron chi connectivity index (χ1n) is 9.92. The number of hydrogen-bond donors (Lipinski definition) is 0. The fraction of sp³-hybridized carbons (Fsp3) is 0.524. The highest BCUT2D eigenvalue weighted by Crippen LogP contribution is 2.29. The SMILES string of the molecule is CC1CCCC(=O)N1c1ccc(N2CCC=C(N3CCOCC3)C2=O)cc1. The van der Waals surface area contributed by atoms with Gasteiger partial charge in [-0.15, -0.1) is 0 Å². The second kappa shape index (κ2) is 7.72. The number of amides is 2. The van der Waals surface area contributed by atoms with Gasteiger partial charge < -0.3 is 19.4 Å². The molecule has 0 radical (unpaired) electrons. The van der Waals surface area contributed by atoms with Crippen LogP contribution in [0.2, 0.25) is 0 Å². The highest BCUT2D eigenvalue weighted by molar-refractivity contribution is 6.06. The van der Waals surface area contributed by atoms with Crippen LogP contribution in [0, 0.1) is 0 Å². The van der Waals surface area contributed by atoms with Crippen molar-refractivity contribution < 1.29 is 14.3 Å². The summed E-state index contributed by atoms with van der Waals surface area (Å²) in [6, 6.07) is 8.09. The second-order valence-corrected chi connectivity index (χ2v) is 7.46. The summed E-state index contributed by atoms with van der Waals surface area (Å²) in [7, 11) is 0. The molecule has 6 nitrogen and oxygen atoms in total. The highest BCUT2D eigenvalue weighted by Gasteiger charge is 2.29. The first kappa shape index (κ1) is 18.0. The molecule has 3 aliphatic rings. The summed E-state index contributed by atoms with van der Waals surface area (Å²) in [5.41, 5.74) is 2.59. The van der Waals surface area contributed by atoms with Crippen molar-refractivity contribution in [3.63, 3.8) is 0 Å². The molecule has 2 fully saturated rings. The summed E-state index contributed by atoms with van der Waals surface area (Å²) in [5, 5.41) is 0. The van der Waals surface area contributed by atoms with E-state index in [4.69, 9.17) is 4.74 Å². The monoisotopic (exact) mass is 369 g/mol. The molecule has 0 aliphatic carbocycles. The van der Waals surface area contributed by atoms with E-state index in [-0.39, 0.29) is 17.9 Å². The number of piperidine rings is 1. The maximum atomic E-state index is 13.0. The number of rotatable bonds is 3. The smallest absolute Gasteiger partial charge is 0.274 e. The van der Waals surface area contributed by atoms with E-state index < -0.39 is 0 Å². The van der Waals surface area contributed by atoms with E-state index in [1.54, 1.807) is 0 Å². The van der Waals surface area contributed by atoms with E-state index in [2.05, 4.69) is 11.8 Å². The Kier molecular flexibility index (Phi) is 5.16. The van der Waals surface area contributed by atoms with Crippen molar-refractivity contribution >= 4 is 23.2 Å². The number of carbonyl (C=O) groups is 2. The van der Waals surface area contributed by atoms with Crippen LogP contribution in [0.3, 0.4) is 0 Å². The normalized spacial score (nSPS) is 24.3. The largest absolute Gasteiger partial charge is 0.378 e. The van der Waals surface area contributed by atoms with Gasteiger partial charge in [-0.25, -0.2) is 0 Å². The van der Waals surface area contributed by atoms with E-state index in [1.807, 2.05) is 40.1 Å². The fourth-order valence-corrected chi connectivity index (χ4v) is 4.21. The summed E-state index contributed by atoms with van der Waals surface area (Å²) in [6.07, 6.45) is 5.51. The predicted octanol–water partition coefficient (Wildman–Crippen LogP) is 2.54. The molecule has 3 heterocycles. The molecular formula is C21H27N3O3. The Hall–Kier alpha value is -2.34. The molecule has 3 aliphatic heterocycles. The molecule has 6 heteroatoms. The van der Waals surface area contributed by atoms with Gasteiger partial charge in [-0.3, -0.25) is 9.59 Å². The molecular weight excluding hydrogens is 342 g/mol. The maximum Gasteiger partial charge on any atom is 0.274 e. The van der Waals surface area contributed by atoms with E-state index in [9.17, 15) is 9.59 Å². The number of morpholine rings is 1. The van der Waals surface area contributed by atoms with Gasteiger partial charge in [0, 0.05) is 43.5 Å². The van der Waals surface area contributed by atoms with Gasteiger partial charge in [-0.05, 0) is 50.5 Å². The first-order valence-corrected chi connectivity index (χ1v) is 9.92. The third-order valence-corrected chi connectivity index (χ3v) is 5.67. The molecule has 2 amide bonds. The molecule has 0 N–H and O–H groups in total. The minimum Gasteiger partial charge on any atom is -0.378 e. The van der Waals surface area contributed by atoms with Crippen LogP contribution in [-0.4, -0.2) is 55.6 Å². The van der Waals surface area contributed by atoms with Crippen LogP contribution < -0.4 is 9.80 Å². The minimum atomic E-state index is 0.0540. The minimum absolute atomic E-state index is 0.0540. The van der Waals surface area contributed by atoms with Crippen molar-refractivity contribution in [3.05, 3.63) is 36.0 Å². The molecule has 0 bridgehead atoms. The highest BCUT2D eigenvalue weighted by atomic mass is 16.5. The van der Waals surface area contributed by atoms with Gasteiger partial charge in [0.15, 0.2) is 0 Å². The molecule has 1 aromatic carbocycles. The molecule has 27 heavy (non-hydrogen) atoms. The van der Waals surface area contributed by atoms with Crippen LogP contribution in [0.4, 0.5) is 11.4 Å². The van der Waals surface area contributed by atoms with Crippen molar-refractivity contribution in [2.45, 2.75) is 38.6 Å². The molecule has 4 rings (SSSR count). The number of carbonyl (C=O) groups excluding carboxylic acids is 2. The van der Waals surface area contributed by atoms with Crippen LogP contribution in [0.1, 0.15) is 32.6 Å². The molecule has 1 unspecified atom stereocenters. The van der Waals surface area contributed by atoms with E-state index >= 15 is 0 Å². The number of anilines is 2. The van der Waals surface area contributed by atoms with Crippen molar-refractivity contribution in [1.29, 1.82) is 0 Å². The lowest BCUT2D eigenvalue weighted by Crippen LogP contribution is -2.45. The Morgan fingerprint density at radius 3 is 2.41 bits per heavy atom. The van der Waals surface area contributed by atoms with Crippen LogP contribution in [0.15, 0.2) is 36.0 Å². The summed E-state index contributed by atoms with van der Waals surface area (Å²) in [5.74, 6) is 0.242. The summed E-state index contributed by atoms with van der Waals surface area (Å²) in [6.45, 7) is 5.64. The van der Waals surface area contributed by atoms with Crippen LogP contribution in [0.5, 0.6) is 0 Å². The Morgan fingerprint density at radius 2 is 1.70 bits per heavy atom. The fourth-order valence-electron chi connectivity index (χ4n) is 4.21. The van der Waals surface area contributed by atoms with Gasteiger partial charge >= 0.3 is 0 Å². The number of hydrogen-bond acceptors (Lipinski definition) is 4. The lowest BCUT2D eigenvalue weighted by Gasteiger charge is -2.36. The Morgan fingerprint density at radius 1 is 1.00 bits per heavy atom. The zero-order valence-corrected chi connectivity index (χ0v) is 15.9. The summed E-state index contributed by atoms with van der Waals surface area (Å²) in [4.78, 5) is 31.2. The third kappa shape index (κ3) is 3.58. The van der Waals surface area contributed by atoms with Gasteiger partial charge in [-0.1, -0.05) is 6.08 Å². The average molecular weight is 369 g/mol. The van der Waals surface area contributed by atoms with Gasteiger partial charge in [-0.2, -0.15) is 0 Å².